The summed E-state index contributed by atoms with van der Waals surface area (Å²) in [6, 6.07) is 0. The average molecular weight is 497 g/mol. The van der Waals surface area contributed by atoms with Gasteiger partial charge in [0.2, 0.25) is 0 Å². The number of aromatic nitrogens is 4. The molecule has 0 bridgehead atoms. The Labute approximate surface area is 201 Å². The maximum atomic E-state index is 5.61. The fourth-order valence-electron chi connectivity index (χ4n) is 3.49. The molecule has 13 heteroatoms. The van der Waals surface area contributed by atoms with Crippen molar-refractivity contribution < 1.29 is 23.7 Å². The average Bonchev–Trinajstić information content (AvgIpc) is 3.47. The van der Waals surface area contributed by atoms with Gasteiger partial charge in [-0.2, -0.15) is 8.75 Å². The third-order valence-electron chi connectivity index (χ3n) is 5.10. The lowest BCUT2D eigenvalue weighted by atomic mass is 10.1. The molecule has 0 unspecified atom stereocenters. The molecule has 4 rings (SSSR count). The van der Waals surface area contributed by atoms with Gasteiger partial charge in [-0.05, 0) is 38.1 Å². The summed E-state index contributed by atoms with van der Waals surface area (Å²) in [6.45, 7) is 3.80. The number of hydrogen-bond donors (Lipinski definition) is 0. The molecule has 0 atom stereocenters. The summed E-state index contributed by atoms with van der Waals surface area (Å²) in [5.41, 5.74) is 3.82. The zero-order valence-corrected chi connectivity index (χ0v) is 20.4. The molecule has 0 amide bonds. The fourth-order valence-corrected chi connectivity index (χ4v) is 4.55. The summed E-state index contributed by atoms with van der Waals surface area (Å²) in [5, 5.41) is 0. The zero-order chi connectivity index (χ0) is 22.9. The SMILES string of the molecule is CN1CCC=C(c2nsnc2OCOCOCOCOc2nsnc2C2=CCCN(C)C2)C1. The van der Waals surface area contributed by atoms with Crippen LogP contribution in [0.2, 0.25) is 0 Å². The molecule has 0 radical (unpaired) electrons. The first-order valence-electron chi connectivity index (χ1n) is 10.6. The minimum Gasteiger partial charge on any atom is -0.448 e. The molecule has 0 saturated carbocycles. The molecule has 4 heterocycles. The summed E-state index contributed by atoms with van der Waals surface area (Å²) in [7, 11) is 4.17. The molecule has 0 spiro atoms. The van der Waals surface area contributed by atoms with Gasteiger partial charge in [0, 0.05) is 26.2 Å². The van der Waals surface area contributed by atoms with Crippen molar-refractivity contribution in [2.75, 3.05) is 67.4 Å². The van der Waals surface area contributed by atoms with Crippen molar-refractivity contribution in [1.29, 1.82) is 0 Å². The quantitative estimate of drug-likeness (QED) is 0.319. The van der Waals surface area contributed by atoms with Crippen molar-refractivity contribution in [3.63, 3.8) is 0 Å². The lowest BCUT2D eigenvalue weighted by molar-refractivity contribution is -0.169. The maximum absolute atomic E-state index is 5.61. The molecule has 2 aromatic rings. The van der Waals surface area contributed by atoms with E-state index in [1.807, 2.05) is 0 Å². The van der Waals surface area contributed by atoms with E-state index >= 15 is 0 Å². The van der Waals surface area contributed by atoms with E-state index in [-0.39, 0.29) is 27.2 Å². The highest BCUT2D eigenvalue weighted by Crippen LogP contribution is 2.28. The third-order valence-corrected chi connectivity index (χ3v) is 6.12. The highest BCUT2D eigenvalue weighted by atomic mass is 32.1. The van der Waals surface area contributed by atoms with Crippen LogP contribution in [0.1, 0.15) is 24.2 Å². The minimum absolute atomic E-state index is 0.00937. The Morgan fingerprint density at radius 1 is 0.697 bits per heavy atom. The molecule has 11 nitrogen and oxygen atoms in total. The van der Waals surface area contributed by atoms with Crippen LogP contribution in [0.3, 0.4) is 0 Å². The van der Waals surface area contributed by atoms with E-state index in [4.69, 9.17) is 23.7 Å². The molecule has 0 aliphatic carbocycles. The summed E-state index contributed by atoms with van der Waals surface area (Å²) < 4.78 is 44.3. The largest absolute Gasteiger partial charge is 0.448 e. The Morgan fingerprint density at radius 2 is 1.15 bits per heavy atom. The fraction of sp³-hybridized carbons (Fsp3) is 0.600. The molecule has 33 heavy (non-hydrogen) atoms. The van der Waals surface area contributed by atoms with Crippen LogP contribution < -0.4 is 9.47 Å². The second kappa shape index (κ2) is 12.5. The van der Waals surface area contributed by atoms with Gasteiger partial charge in [0.25, 0.3) is 11.8 Å². The molecular weight excluding hydrogens is 468 g/mol. The van der Waals surface area contributed by atoms with Crippen LogP contribution in [0, 0.1) is 0 Å². The van der Waals surface area contributed by atoms with E-state index in [0.29, 0.717) is 11.8 Å². The predicted molar refractivity (Wildman–Crippen MR) is 124 cm³/mol. The summed E-state index contributed by atoms with van der Waals surface area (Å²) in [4.78, 5) is 4.48. The van der Waals surface area contributed by atoms with Crippen molar-refractivity contribution in [3.8, 4) is 11.8 Å². The van der Waals surface area contributed by atoms with Crippen LogP contribution in [-0.4, -0.2) is 94.7 Å². The van der Waals surface area contributed by atoms with Crippen LogP contribution in [0.25, 0.3) is 11.1 Å². The summed E-state index contributed by atoms with van der Waals surface area (Å²) in [5.74, 6) is 0.969. The van der Waals surface area contributed by atoms with Gasteiger partial charge < -0.3 is 33.5 Å². The highest BCUT2D eigenvalue weighted by molar-refractivity contribution is 6.99. The number of nitrogens with zero attached hydrogens (tertiary/aromatic N) is 6. The first kappa shape index (κ1) is 24.1. The van der Waals surface area contributed by atoms with Crippen molar-refractivity contribution in [2.45, 2.75) is 12.8 Å². The predicted octanol–water partition coefficient (Wildman–Crippen LogP) is 2.17. The lowest BCUT2D eigenvalue weighted by Gasteiger charge is -2.22. The Balaban J connectivity index is 1.09. The monoisotopic (exact) mass is 496 g/mol. The smallest absolute Gasteiger partial charge is 0.255 e. The van der Waals surface area contributed by atoms with Gasteiger partial charge in [0.15, 0.2) is 27.2 Å². The van der Waals surface area contributed by atoms with E-state index < -0.39 is 0 Å². The van der Waals surface area contributed by atoms with Crippen molar-refractivity contribution in [3.05, 3.63) is 23.5 Å². The summed E-state index contributed by atoms with van der Waals surface area (Å²) in [6.07, 6.45) is 6.35. The third kappa shape index (κ3) is 6.99. The van der Waals surface area contributed by atoms with E-state index in [2.05, 4.69) is 53.5 Å². The Hall–Kier alpha value is -2.00. The zero-order valence-electron chi connectivity index (χ0n) is 18.8. The van der Waals surface area contributed by atoms with Crippen molar-refractivity contribution >= 4 is 34.6 Å². The van der Waals surface area contributed by atoms with E-state index in [1.165, 1.54) is 0 Å². The van der Waals surface area contributed by atoms with Crippen LogP contribution in [0.4, 0.5) is 0 Å². The number of rotatable bonds is 12. The first-order valence-corrected chi connectivity index (χ1v) is 12.1. The molecule has 2 aromatic heterocycles. The molecule has 0 N–H and O–H groups in total. The lowest BCUT2D eigenvalue weighted by Crippen LogP contribution is -2.25. The van der Waals surface area contributed by atoms with Gasteiger partial charge in [0.05, 0.1) is 23.5 Å². The summed E-state index contributed by atoms with van der Waals surface area (Å²) >= 11 is 2.26. The standard InChI is InChI=1S/C20H28N6O5S2/c1-25-7-3-5-15(9-25)17-19(23-32-21-17)30-13-28-11-27-12-29-14-31-20-18(22-33-24-20)16-6-4-8-26(2)10-16/h5-6H,3-4,7-14H2,1-2H3. The Kier molecular flexibility index (Phi) is 9.11. The van der Waals surface area contributed by atoms with Gasteiger partial charge in [-0.1, -0.05) is 12.2 Å². The second-order valence-electron chi connectivity index (χ2n) is 7.72. The Morgan fingerprint density at radius 3 is 1.61 bits per heavy atom. The number of ether oxygens (including phenoxy) is 5. The van der Waals surface area contributed by atoms with Crippen LogP contribution in [0.15, 0.2) is 12.2 Å². The topological polar surface area (TPSA) is 104 Å². The van der Waals surface area contributed by atoms with Crippen molar-refractivity contribution in [1.82, 2.24) is 27.3 Å². The van der Waals surface area contributed by atoms with Crippen LogP contribution >= 0.6 is 23.5 Å². The molecule has 0 fully saturated rings. The van der Waals surface area contributed by atoms with E-state index in [9.17, 15) is 0 Å². The molecule has 180 valence electrons. The van der Waals surface area contributed by atoms with Crippen LogP contribution in [0.5, 0.6) is 11.8 Å². The van der Waals surface area contributed by atoms with Gasteiger partial charge in [-0.25, -0.2) is 0 Å². The molecule has 2 aliphatic heterocycles. The van der Waals surface area contributed by atoms with E-state index in [0.717, 1.165) is 85.0 Å². The molecule has 2 aliphatic rings. The first-order chi connectivity index (χ1) is 16.2. The number of likely N-dealkylation sites (N-methyl/N-ethyl adjacent to an activating group) is 2. The second-order valence-corrected chi connectivity index (χ2v) is 8.78. The Bertz CT molecular complexity index is 875. The highest BCUT2D eigenvalue weighted by Gasteiger charge is 2.19. The molecule has 0 aromatic carbocycles. The molecular formula is C20H28N6O5S2. The number of hydrogen-bond acceptors (Lipinski definition) is 13. The van der Waals surface area contributed by atoms with Crippen molar-refractivity contribution in [2.24, 2.45) is 0 Å². The van der Waals surface area contributed by atoms with Gasteiger partial charge in [-0.15, -0.1) is 8.75 Å². The van der Waals surface area contributed by atoms with Gasteiger partial charge in [0.1, 0.15) is 11.4 Å². The van der Waals surface area contributed by atoms with E-state index in [1.54, 1.807) is 0 Å². The minimum atomic E-state index is 0.00937. The molecule has 0 saturated heterocycles. The van der Waals surface area contributed by atoms with Crippen LogP contribution in [-0.2, 0) is 14.2 Å². The van der Waals surface area contributed by atoms with Gasteiger partial charge >= 0.3 is 0 Å². The normalized spacial score (nSPS) is 17.6. The maximum Gasteiger partial charge on any atom is 0.255 e. The van der Waals surface area contributed by atoms with Gasteiger partial charge in [-0.3, -0.25) is 0 Å².